The van der Waals surface area contributed by atoms with Crippen LogP contribution in [0.15, 0.2) is 18.2 Å². The van der Waals surface area contributed by atoms with Crippen molar-refractivity contribution in [2.24, 2.45) is 12.8 Å². The van der Waals surface area contributed by atoms with Crippen LogP contribution in [0.5, 0.6) is 5.75 Å². The molecule has 0 radical (unpaired) electrons. The third-order valence-corrected chi connectivity index (χ3v) is 3.58. The Kier molecular flexibility index (Phi) is 4.90. The number of para-hydroxylation sites is 1. The minimum Gasteiger partial charge on any atom is -0.482 e. The maximum absolute atomic E-state index is 14.0. The van der Waals surface area contributed by atoms with Crippen LogP contribution in [0, 0.1) is 12.7 Å². The summed E-state index contributed by atoms with van der Waals surface area (Å²) in [4.78, 5) is 0. The van der Waals surface area contributed by atoms with E-state index in [1.165, 1.54) is 6.07 Å². The second kappa shape index (κ2) is 6.67. The number of benzene rings is 1. The maximum Gasteiger partial charge on any atom is 0.170 e. The Morgan fingerprint density at radius 3 is 2.76 bits per heavy atom. The Labute approximate surface area is 123 Å². The van der Waals surface area contributed by atoms with Crippen LogP contribution in [-0.2, 0) is 20.1 Å². The number of hydrogen-bond donors (Lipinski definition) is 1. The number of nitrogens with two attached hydrogens (primary N) is 1. The molecule has 0 bridgehead atoms. The van der Waals surface area contributed by atoms with Gasteiger partial charge in [0.1, 0.15) is 12.4 Å². The number of rotatable bonds is 6. The van der Waals surface area contributed by atoms with Crippen molar-refractivity contribution in [1.29, 1.82) is 0 Å². The van der Waals surface area contributed by atoms with Crippen molar-refractivity contribution in [1.82, 2.24) is 14.8 Å². The van der Waals surface area contributed by atoms with Crippen LogP contribution in [0.3, 0.4) is 0 Å². The quantitative estimate of drug-likeness (QED) is 0.885. The van der Waals surface area contributed by atoms with Crippen molar-refractivity contribution in [2.75, 3.05) is 0 Å². The zero-order chi connectivity index (χ0) is 15.4. The fraction of sp³-hybridized carbons (Fsp3) is 0.467. The number of aromatic nitrogens is 3. The summed E-state index contributed by atoms with van der Waals surface area (Å²) in [7, 11) is 1.85. The summed E-state index contributed by atoms with van der Waals surface area (Å²) in [6.45, 7) is 4.03. The first-order valence-electron chi connectivity index (χ1n) is 7.03. The topological polar surface area (TPSA) is 66.0 Å². The van der Waals surface area contributed by atoms with Gasteiger partial charge in [-0.25, -0.2) is 4.39 Å². The molecule has 1 unspecified atom stereocenters. The molecule has 0 aliphatic rings. The zero-order valence-electron chi connectivity index (χ0n) is 12.6. The average molecular weight is 292 g/mol. The molecule has 6 heteroatoms. The maximum atomic E-state index is 14.0. The van der Waals surface area contributed by atoms with Gasteiger partial charge in [-0.15, -0.1) is 10.2 Å². The molecular weight excluding hydrogens is 271 g/mol. The van der Waals surface area contributed by atoms with E-state index in [1.807, 2.05) is 31.5 Å². The SMILES string of the molecule is CCC(N)Cc1cccc(F)c1OCc1nnc(C)n1C. The number of aryl methyl sites for hydroxylation is 1. The van der Waals surface area contributed by atoms with Gasteiger partial charge in [0.2, 0.25) is 0 Å². The van der Waals surface area contributed by atoms with E-state index in [0.29, 0.717) is 12.2 Å². The summed E-state index contributed by atoms with van der Waals surface area (Å²) in [5.74, 6) is 1.31. The van der Waals surface area contributed by atoms with Crippen molar-refractivity contribution in [3.8, 4) is 5.75 Å². The number of nitrogens with zero attached hydrogens (tertiary/aromatic N) is 3. The molecule has 5 nitrogen and oxygen atoms in total. The molecule has 0 spiro atoms. The van der Waals surface area contributed by atoms with Crippen LogP contribution in [-0.4, -0.2) is 20.8 Å². The van der Waals surface area contributed by atoms with Gasteiger partial charge in [0, 0.05) is 13.1 Å². The molecule has 114 valence electrons. The van der Waals surface area contributed by atoms with Gasteiger partial charge in [0.15, 0.2) is 17.4 Å². The molecule has 0 fully saturated rings. The van der Waals surface area contributed by atoms with Crippen molar-refractivity contribution in [3.63, 3.8) is 0 Å². The minimum absolute atomic E-state index is 0.00813. The van der Waals surface area contributed by atoms with E-state index in [-0.39, 0.29) is 24.2 Å². The van der Waals surface area contributed by atoms with E-state index < -0.39 is 0 Å². The van der Waals surface area contributed by atoms with Crippen molar-refractivity contribution in [2.45, 2.75) is 39.3 Å². The molecular formula is C15H21FN4O. The van der Waals surface area contributed by atoms with E-state index in [4.69, 9.17) is 10.5 Å². The highest BCUT2D eigenvalue weighted by atomic mass is 19.1. The van der Waals surface area contributed by atoms with Crippen LogP contribution < -0.4 is 10.5 Å². The van der Waals surface area contributed by atoms with E-state index in [2.05, 4.69) is 10.2 Å². The van der Waals surface area contributed by atoms with Gasteiger partial charge in [-0.2, -0.15) is 0 Å². The van der Waals surface area contributed by atoms with E-state index in [1.54, 1.807) is 6.07 Å². The van der Waals surface area contributed by atoms with Crippen LogP contribution in [0.2, 0.25) is 0 Å². The highest BCUT2D eigenvalue weighted by Gasteiger charge is 2.14. The molecule has 0 aliphatic heterocycles. The second-order valence-corrected chi connectivity index (χ2v) is 5.11. The van der Waals surface area contributed by atoms with Crippen molar-refractivity contribution < 1.29 is 9.13 Å². The average Bonchev–Trinajstić information content (AvgIpc) is 2.78. The van der Waals surface area contributed by atoms with E-state index in [9.17, 15) is 4.39 Å². The molecule has 1 aromatic carbocycles. The Morgan fingerprint density at radius 1 is 1.38 bits per heavy atom. The minimum atomic E-state index is -0.380. The smallest absolute Gasteiger partial charge is 0.170 e. The first-order valence-corrected chi connectivity index (χ1v) is 7.03. The molecule has 0 saturated carbocycles. The van der Waals surface area contributed by atoms with Gasteiger partial charge >= 0.3 is 0 Å². The first-order chi connectivity index (χ1) is 10.0. The molecule has 2 aromatic rings. The largest absolute Gasteiger partial charge is 0.482 e. The lowest BCUT2D eigenvalue weighted by atomic mass is 10.0. The third-order valence-electron chi connectivity index (χ3n) is 3.58. The predicted octanol–water partition coefficient (Wildman–Crippen LogP) is 2.12. The molecule has 2 rings (SSSR count). The fourth-order valence-corrected chi connectivity index (χ4v) is 2.02. The standard InChI is InChI=1S/C15H21FN4O/c1-4-12(17)8-11-6-5-7-13(16)15(11)21-9-14-19-18-10(2)20(14)3/h5-7,12H,4,8-9,17H2,1-3H3. The summed E-state index contributed by atoms with van der Waals surface area (Å²) in [6.07, 6.45) is 1.42. The van der Waals surface area contributed by atoms with Gasteiger partial charge in [-0.05, 0) is 31.4 Å². The number of hydrogen-bond acceptors (Lipinski definition) is 4. The Hall–Kier alpha value is -1.95. The molecule has 0 saturated heterocycles. The number of ether oxygens (including phenoxy) is 1. The van der Waals surface area contributed by atoms with Crippen LogP contribution >= 0.6 is 0 Å². The summed E-state index contributed by atoms with van der Waals surface area (Å²) < 4.78 is 21.5. The van der Waals surface area contributed by atoms with Gasteiger partial charge < -0.3 is 15.0 Å². The summed E-state index contributed by atoms with van der Waals surface area (Å²) in [5.41, 5.74) is 6.73. The lowest BCUT2D eigenvalue weighted by molar-refractivity contribution is 0.273. The summed E-state index contributed by atoms with van der Waals surface area (Å²) in [6, 6.07) is 4.90. The van der Waals surface area contributed by atoms with Gasteiger partial charge in [-0.1, -0.05) is 19.1 Å². The molecule has 1 atom stereocenters. The lowest BCUT2D eigenvalue weighted by Gasteiger charge is -2.15. The molecule has 0 aliphatic carbocycles. The molecule has 21 heavy (non-hydrogen) atoms. The van der Waals surface area contributed by atoms with Gasteiger partial charge in [0.25, 0.3) is 0 Å². The highest BCUT2D eigenvalue weighted by molar-refractivity contribution is 5.35. The van der Waals surface area contributed by atoms with Crippen LogP contribution in [0.1, 0.15) is 30.6 Å². The van der Waals surface area contributed by atoms with Crippen LogP contribution in [0.25, 0.3) is 0 Å². The predicted molar refractivity (Wildman–Crippen MR) is 78.4 cm³/mol. The molecule has 2 N–H and O–H groups in total. The fourth-order valence-electron chi connectivity index (χ4n) is 2.02. The normalized spacial score (nSPS) is 12.4. The third kappa shape index (κ3) is 3.58. The van der Waals surface area contributed by atoms with Gasteiger partial charge in [0.05, 0.1) is 0 Å². The molecule has 1 heterocycles. The zero-order valence-corrected chi connectivity index (χ0v) is 12.6. The van der Waals surface area contributed by atoms with E-state index >= 15 is 0 Å². The summed E-state index contributed by atoms with van der Waals surface area (Å²) in [5, 5.41) is 7.96. The van der Waals surface area contributed by atoms with Crippen molar-refractivity contribution >= 4 is 0 Å². The highest BCUT2D eigenvalue weighted by Crippen LogP contribution is 2.25. The van der Waals surface area contributed by atoms with E-state index in [0.717, 1.165) is 17.8 Å². The lowest BCUT2D eigenvalue weighted by Crippen LogP contribution is -2.22. The second-order valence-electron chi connectivity index (χ2n) is 5.11. The Bertz CT molecular complexity index is 612. The monoisotopic (exact) mass is 292 g/mol. The molecule has 1 aromatic heterocycles. The van der Waals surface area contributed by atoms with Gasteiger partial charge in [-0.3, -0.25) is 0 Å². The summed E-state index contributed by atoms with van der Waals surface area (Å²) >= 11 is 0. The van der Waals surface area contributed by atoms with Crippen LogP contribution in [0.4, 0.5) is 4.39 Å². The Balaban J connectivity index is 2.17. The Morgan fingerprint density at radius 2 is 2.14 bits per heavy atom. The first kappa shape index (κ1) is 15.4. The number of halogens is 1. The van der Waals surface area contributed by atoms with Crippen molar-refractivity contribution in [3.05, 3.63) is 41.2 Å². The molecule has 0 amide bonds.